The fraction of sp³-hybridized carbons (Fsp3) is 0.904. The van der Waals surface area contributed by atoms with Crippen molar-refractivity contribution in [3.05, 3.63) is 24.3 Å². The summed E-state index contributed by atoms with van der Waals surface area (Å²) in [6.07, 6.45) is 83.8. The molecule has 79 heavy (non-hydrogen) atoms. The van der Waals surface area contributed by atoms with Crippen LogP contribution in [-0.2, 0) is 28.6 Å². The summed E-state index contributed by atoms with van der Waals surface area (Å²) >= 11 is 0. The lowest BCUT2D eigenvalue weighted by atomic mass is 10.0. The zero-order valence-electron chi connectivity index (χ0n) is 53.7. The van der Waals surface area contributed by atoms with Gasteiger partial charge in [-0.1, -0.05) is 347 Å². The summed E-state index contributed by atoms with van der Waals surface area (Å²) in [4.78, 5) is 38.3. The first-order valence-electron chi connectivity index (χ1n) is 35.8. The monoisotopic (exact) mass is 1110 g/mol. The minimum absolute atomic E-state index is 0.0698. The number of hydrogen-bond acceptors (Lipinski definition) is 6. The number of hydrogen-bond donors (Lipinski definition) is 0. The highest BCUT2D eigenvalue weighted by atomic mass is 16.6. The molecular formula is C73H138O6. The lowest BCUT2D eigenvalue weighted by molar-refractivity contribution is -0.167. The Labute approximate surface area is 493 Å². The molecule has 0 aliphatic carbocycles. The molecule has 0 aromatic heterocycles. The Morgan fingerprint density at radius 2 is 0.443 bits per heavy atom. The van der Waals surface area contributed by atoms with Gasteiger partial charge in [0.2, 0.25) is 0 Å². The van der Waals surface area contributed by atoms with Crippen molar-refractivity contribution in [1.82, 2.24) is 0 Å². The number of ether oxygens (including phenoxy) is 3. The lowest BCUT2D eigenvalue weighted by Crippen LogP contribution is -2.30. The second kappa shape index (κ2) is 68.4. The van der Waals surface area contributed by atoms with Gasteiger partial charge in [-0.3, -0.25) is 14.4 Å². The Hall–Kier alpha value is -2.11. The van der Waals surface area contributed by atoms with Crippen molar-refractivity contribution in [2.75, 3.05) is 13.2 Å². The third kappa shape index (κ3) is 66.6. The molecule has 0 radical (unpaired) electrons. The maximum absolute atomic E-state index is 12.9. The molecule has 0 heterocycles. The fourth-order valence-corrected chi connectivity index (χ4v) is 11.0. The van der Waals surface area contributed by atoms with Gasteiger partial charge in [0.05, 0.1) is 0 Å². The van der Waals surface area contributed by atoms with Crippen LogP contribution in [0, 0.1) is 0 Å². The molecule has 0 aromatic rings. The van der Waals surface area contributed by atoms with E-state index in [1.807, 2.05) is 0 Å². The third-order valence-corrected chi connectivity index (χ3v) is 16.4. The van der Waals surface area contributed by atoms with Gasteiger partial charge in [-0.25, -0.2) is 0 Å². The molecule has 0 spiro atoms. The van der Waals surface area contributed by atoms with Crippen LogP contribution in [0.3, 0.4) is 0 Å². The first-order chi connectivity index (χ1) is 39.0. The van der Waals surface area contributed by atoms with Gasteiger partial charge in [0.15, 0.2) is 6.10 Å². The van der Waals surface area contributed by atoms with E-state index in [9.17, 15) is 14.4 Å². The van der Waals surface area contributed by atoms with Crippen LogP contribution in [0.2, 0.25) is 0 Å². The highest BCUT2D eigenvalue weighted by Crippen LogP contribution is 2.19. The van der Waals surface area contributed by atoms with Crippen molar-refractivity contribution in [3.8, 4) is 0 Å². The number of carbonyl (C=O) groups is 3. The molecule has 6 heteroatoms. The molecule has 0 N–H and O–H groups in total. The zero-order valence-corrected chi connectivity index (χ0v) is 53.7. The SMILES string of the molecule is CCC/C=C\CCCCCCCC(=O)OCC(COC(=O)CCCCCCCCCCCCCCCCCCCCCCCCCCCCCCCCCC)OC(=O)CCCCCCCCCCC/C=C\CCCCCCCC. The molecule has 0 bridgehead atoms. The van der Waals surface area contributed by atoms with Gasteiger partial charge in [-0.15, -0.1) is 0 Å². The zero-order chi connectivity index (χ0) is 57.1. The average molecular weight is 1110 g/mol. The van der Waals surface area contributed by atoms with E-state index in [0.29, 0.717) is 19.3 Å². The predicted octanol–water partition coefficient (Wildman–Crippen LogP) is 24.6. The molecule has 0 saturated heterocycles. The topological polar surface area (TPSA) is 78.9 Å². The normalized spacial score (nSPS) is 12.1. The van der Waals surface area contributed by atoms with Gasteiger partial charge in [-0.05, 0) is 64.2 Å². The maximum Gasteiger partial charge on any atom is 0.306 e. The molecule has 466 valence electrons. The van der Waals surface area contributed by atoms with E-state index in [-0.39, 0.29) is 31.1 Å². The first kappa shape index (κ1) is 76.9. The average Bonchev–Trinajstić information content (AvgIpc) is 3.45. The van der Waals surface area contributed by atoms with Crippen molar-refractivity contribution in [3.63, 3.8) is 0 Å². The Kier molecular flexibility index (Phi) is 66.6. The van der Waals surface area contributed by atoms with Crippen LogP contribution in [0.15, 0.2) is 24.3 Å². The van der Waals surface area contributed by atoms with Crippen molar-refractivity contribution in [2.45, 2.75) is 412 Å². The quantitative estimate of drug-likeness (QED) is 0.0261. The predicted molar refractivity (Wildman–Crippen MR) is 344 cm³/mol. The fourth-order valence-electron chi connectivity index (χ4n) is 11.0. The largest absolute Gasteiger partial charge is 0.462 e. The van der Waals surface area contributed by atoms with E-state index in [1.54, 1.807) is 0 Å². The Bertz CT molecular complexity index is 1270. The summed E-state index contributed by atoms with van der Waals surface area (Å²) < 4.78 is 16.9. The molecule has 0 rings (SSSR count). The van der Waals surface area contributed by atoms with Gasteiger partial charge in [0.25, 0.3) is 0 Å². The Balaban J connectivity index is 4.05. The number of esters is 3. The minimum Gasteiger partial charge on any atom is -0.462 e. The van der Waals surface area contributed by atoms with Crippen molar-refractivity contribution in [1.29, 1.82) is 0 Å². The summed E-state index contributed by atoms with van der Waals surface area (Å²) in [5.74, 6) is -0.856. The van der Waals surface area contributed by atoms with Crippen LogP contribution in [0.25, 0.3) is 0 Å². The number of rotatable bonds is 67. The van der Waals surface area contributed by atoms with Crippen LogP contribution in [-0.4, -0.2) is 37.2 Å². The highest BCUT2D eigenvalue weighted by Gasteiger charge is 2.19. The molecule has 0 aliphatic rings. The molecule has 0 amide bonds. The molecule has 0 aliphatic heterocycles. The van der Waals surface area contributed by atoms with Gasteiger partial charge >= 0.3 is 17.9 Å². The van der Waals surface area contributed by atoms with Crippen molar-refractivity contribution in [2.24, 2.45) is 0 Å². The highest BCUT2D eigenvalue weighted by molar-refractivity contribution is 5.71. The number of carbonyl (C=O) groups excluding carboxylic acids is 3. The van der Waals surface area contributed by atoms with Gasteiger partial charge in [0.1, 0.15) is 13.2 Å². The molecule has 0 fully saturated rings. The van der Waals surface area contributed by atoms with Crippen LogP contribution in [0.4, 0.5) is 0 Å². The summed E-state index contributed by atoms with van der Waals surface area (Å²) in [5, 5.41) is 0. The Morgan fingerprint density at radius 3 is 0.684 bits per heavy atom. The van der Waals surface area contributed by atoms with Gasteiger partial charge in [-0.2, -0.15) is 0 Å². The molecule has 0 aromatic carbocycles. The smallest absolute Gasteiger partial charge is 0.306 e. The van der Waals surface area contributed by atoms with Crippen LogP contribution in [0.1, 0.15) is 406 Å². The molecule has 1 atom stereocenters. The van der Waals surface area contributed by atoms with Crippen LogP contribution in [0.5, 0.6) is 0 Å². The first-order valence-corrected chi connectivity index (χ1v) is 35.8. The minimum atomic E-state index is -0.773. The van der Waals surface area contributed by atoms with E-state index < -0.39 is 6.10 Å². The molecular weight excluding hydrogens is 973 g/mol. The molecule has 6 nitrogen and oxygen atoms in total. The van der Waals surface area contributed by atoms with Crippen molar-refractivity contribution < 1.29 is 28.6 Å². The van der Waals surface area contributed by atoms with E-state index in [2.05, 4.69) is 45.1 Å². The second-order valence-electron chi connectivity index (χ2n) is 24.5. The van der Waals surface area contributed by atoms with E-state index in [0.717, 1.165) is 70.6 Å². The van der Waals surface area contributed by atoms with E-state index in [1.165, 1.54) is 295 Å². The Morgan fingerprint density at radius 1 is 0.241 bits per heavy atom. The summed E-state index contributed by atoms with van der Waals surface area (Å²) in [7, 11) is 0. The second-order valence-corrected chi connectivity index (χ2v) is 24.5. The van der Waals surface area contributed by atoms with Crippen LogP contribution < -0.4 is 0 Å². The standard InChI is InChI=1S/C73H138O6/c1-4-7-10-13-16-19-22-24-26-28-30-31-32-33-34-35-36-37-38-39-40-41-42-44-45-47-49-51-54-57-60-63-66-72(75)78-69-70(68-77-71(74)65-62-59-56-53-21-18-15-12-9-6-3)79-73(76)67-64-61-58-55-52-50-48-46-43-29-27-25-23-20-17-14-11-8-5-2/h12,15,25,27,70H,4-11,13-14,16-24,26,28-69H2,1-3H3/b15-12-,27-25-. The van der Waals surface area contributed by atoms with Crippen molar-refractivity contribution >= 4 is 17.9 Å². The van der Waals surface area contributed by atoms with E-state index >= 15 is 0 Å². The lowest BCUT2D eigenvalue weighted by Gasteiger charge is -2.18. The van der Waals surface area contributed by atoms with E-state index in [4.69, 9.17) is 14.2 Å². The van der Waals surface area contributed by atoms with Gasteiger partial charge in [0, 0.05) is 19.3 Å². The van der Waals surface area contributed by atoms with Crippen LogP contribution >= 0.6 is 0 Å². The third-order valence-electron chi connectivity index (χ3n) is 16.4. The number of unbranched alkanes of at least 4 members (excludes halogenated alkanes) is 52. The molecule has 1 unspecified atom stereocenters. The summed E-state index contributed by atoms with van der Waals surface area (Å²) in [6.45, 7) is 6.64. The molecule has 0 saturated carbocycles. The summed E-state index contributed by atoms with van der Waals surface area (Å²) in [6, 6.07) is 0. The number of allylic oxidation sites excluding steroid dienone is 4. The van der Waals surface area contributed by atoms with Gasteiger partial charge < -0.3 is 14.2 Å². The maximum atomic E-state index is 12.9. The summed E-state index contributed by atoms with van der Waals surface area (Å²) in [5.41, 5.74) is 0.